The summed E-state index contributed by atoms with van der Waals surface area (Å²) in [7, 11) is 0. The van der Waals surface area contributed by atoms with Crippen LogP contribution in [0.25, 0.3) is 0 Å². The molecule has 1 saturated carbocycles. The van der Waals surface area contributed by atoms with Gasteiger partial charge in [0, 0.05) is 38.3 Å². The van der Waals surface area contributed by atoms with Crippen molar-refractivity contribution >= 4 is 5.69 Å². The number of nitrogens with zero attached hydrogens (tertiary/aromatic N) is 2. The van der Waals surface area contributed by atoms with Crippen molar-refractivity contribution in [3.8, 4) is 0 Å². The van der Waals surface area contributed by atoms with Crippen LogP contribution in [0.2, 0.25) is 0 Å². The molecular formula is C17H26FN3. The fourth-order valence-electron chi connectivity index (χ4n) is 3.93. The molecule has 0 amide bonds. The van der Waals surface area contributed by atoms with Crippen molar-refractivity contribution in [1.29, 1.82) is 0 Å². The molecule has 2 fully saturated rings. The second-order valence-electron chi connectivity index (χ2n) is 6.36. The molecule has 1 atom stereocenters. The zero-order valence-electron chi connectivity index (χ0n) is 12.9. The Bertz CT molecular complexity index is 475. The van der Waals surface area contributed by atoms with Crippen molar-refractivity contribution in [2.24, 2.45) is 11.7 Å². The molecule has 3 nitrogen and oxygen atoms in total. The smallest absolute Gasteiger partial charge is 0.146 e. The number of benzene rings is 1. The van der Waals surface area contributed by atoms with E-state index in [-0.39, 0.29) is 11.4 Å². The van der Waals surface area contributed by atoms with Crippen molar-refractivity contribution < 1.29 is 4.39 Å². The van der Waals surface area contributed by atoms with Gasteiger partial charge in [0.25, 0.3) is 0 Å². The topological polar surface area (TPSA) is 32.5 Å². The molecule has 21 heavy (non-hydrogen) atoms. The fourth-order valence-corrected chi connectivity index (χ4v) is 3.93. The van der Waals surface area contributed by atoms with Gasteiger partial charge in [-0.15, -0.1) is 0 Å². The van der Waals surface area contributed by atoms with Crippen LogP contribution in [0.5, 0.6) is 0 Å². The van der Waals surface area contributed by atoms with E-state index in [1.807, 2.05) is 12.1 Å². The SMILES string of the molecule is CCC(CN)(C1CC1)N1CCN(c2ccccc2F)CC1. The maximum atomic E-state index is 13.9. The van der Waals surface area contributed by atoms with E-state index in [0.29, 0.717) is 0 Å². The summed E-state index contributed by atoms with van der Waals surface area (Å²) in [5.74, 6) is 0.654. The van der Waals surface area contributed by atoms with Crippen molar-refractivity contribution in [1.82, 2.24) is 4.90 Å². The third kappa shape index (κ3) is 2.67. The number of hydrogen-bond donors (Lipinski definition) is 1. The number of hydrogen-bond acceptors (Lipinski definition) is 3. The van der Waals surface area contributed by atoms with Crippen LogP contribution in [-0.4, -0.2) is 43.2 Å². The third-order valence-electron chi connectivity index (χ3n) is 5.41. The Kier molecular flexibility index (Phi) is 4.18. The molecule has 1 heterocycles. The minimum Gasteiger partial charge on any atom is -0.367 e. The fraction of sp³-hybridized carbons (Fsp3) is 0.647. The highest BCUT2D eigenvalue weighted by Crippen LogP contribution is 2.45. The summed E-state index contributed by atoms with van der Waals surface area (Å²) in [5, 5.41) is 0. The number of halogens is 1. The predicted molar refractivity (Wildman–Crippen MR) is 85.0 cm³/mol. The van der Waals surface area contributed by atoms with Crippen molar-refractivity contribution in [3.05, 3.63) is 30.1 Å². The maximum Gasteiger partial charge on any atom is 0.146 e. The van der Waals surface area contributed by atoms with Crippen molar-refractivity contribution in [3.63, 3.8) is 0 Å². The van der Waals surface area contributed by atoms with Gasteiger partial charge < -0.3 is 10.6 Å². The summed E-state index contributed by atoms with van der Waals surface area (Å²) in [6.07, 6.45) is 3.75. The Labute approximate surface area is 126 Å². The van der Waals surface area contributed by atoms with Crippen LogP contribution in [-0.2, 0) is 0 Å². The summed E-state index contributed by atoms with van der Waals surface area (Å²) in [4.78, 5) is 4.73. The van der Waals surface area contributed by atoms with Gasteiger partial charge in [0.1, 0.15) is 5.82 Å². The lowest BCUT2D eigenvalue weighted by atomic mass is 9.87. The molecule has 1 aromatic rings. The average molecular weight is 291 g/mol. The minimum absolute atomic E-state index is 0.117. The molecule has 0 bridgehead atoms. The molecular weight excluding hydrogens is 265 g/mol. The molecule has 1 aliphatic heterocycles. The lowest BCUT2D eigenvalue weighted by Crippen LogP contribution is -2.61. The monoisotopic (exact) mass is 291 g/mol. The van der Waals surface area contributed by atoms with Crippen LogP contribution in [0.1, 0.15) is 26.2 Å². The number of nitrogens with two attached hydrogens (primary N) is 1. The van der Waals surface area contributed by atoms with Gasteiger partial charge >= 0.3 is 0 Å². The van der Waals surface area contributed by atoms with Crippen LogP contribution in [0, 0.1) is 11.7 Å². The molecule has 0 spiro atoms. The van der Waals surface area contributed by atoms with E-state index in [1.54, 1.807) is 12.1 Å². The first-order valence-electron chi connectivity index (χ1n) is 8.16. The highest BCUT2D eigenvalue weighted by Gasteiger charge is 2.47. The lowest BCUT2D eigenvalue weighted by molar-refractivity contribution is 0.0622. The maximum absolute atomic E-state index is 13.9. The zero-order valence-corrected chi connectivity index (χ0v) is 12.9. The quantitative estimate of drug-likeness (QED) is 0.904. The van der Waals surface area contributed by atoms with Crippen LogP contribution in [0.4, 0.5) is 10.1 Å². The third-order valence-corrected chi connectivity index (χ3v) is 5.41. The predicted octanol–water partition coefficient (Wildman–Crippen LogP) is 2.47. The first-order chi connectivity index (χ1) is 10.2. The standard InChI is InChI=1S/C17H26FN3/c1-2-17(13-19,14-7-8-14)21-11-9-20(10-12-21)16-6-4-3-5-15(16)18/h3-6,14H,2,7-13,19H2,1H3. The summed E-state index contributed by atoms with van der Waals surface area (Å²) in [6, 6.07) is 7.08. The van der Waals surface area contributed by atoms with Gasteiger partial charge in [0.15, 0.2) is 0 Å². The molecule has 116 valence electrons. The summed E-state index contributed by atoms with van der Waals surface area (Å²) in [6.45, 7) is 6.73. The van der Waals surface area contributed by atoms with Crippen LogP contribution >= 0.6 is 0 Å². The second-order valence-corrected chi connectivity index (χ2v) is 6.36. The summed E-state index contributed by atoms with van der Waals surface area (Å²) < 4.78 is 13.9. The first-order valence-corrected chi connectivity index (χ1v) is 8.16. The molecule has 1 saturated heterocycles. The molecule has 1 unspecified atom stereocenters. The van der Waals surface area contributed by atoms with E-state index in [1.165, 1.54) is 12.8 Å². The summed E-state index contributed by atoms with van der Waals surface area (Å²) >= 11 is 0. The van der Waals surface area contributed by atoms with Crippen molar-refractivity contribution in [2.45, 2.75) is 31.7 Å². The van der Waals surface area contributed by atoms with Gasteiger partial charge in [0.2, 0.25) is 0 Å². The number of piperazine rings is 1. The van der Waals surface area contributed by atoms with E-state index in [9.17, 15) is 4.39 Å². The lowest BCUT2D eigenvalue weighted by Gasteiger charge is -2.48. The second kappa shape index (κ2) is 5.93. The largest absolute Gasteiger partial charge is 0.367 e. The average Bonchev–Trinajstić information content (AvgIpc) is 3.36. The van der Waals surface area contributed by atoms with Crippen LogP contribution < -0.4 is 10.6 Å². The van der Waals surface area contributed by atoms with Crippen LogP contribution in [0.15, 0.2) is 24.3 Å². The molecule has 2 N–H and O–H groups in total. The van der Waals surface area contributed by atoms with Crippen molar-refractivity contribution in [2.75, 3.05) is 37.6 Å². The molecule has 0 radical (unpaired) electrons. The molecule has 3 rings (SSSR count). The Morgan fingerprint density at radius 3 is 2.38 bits per heavy atom. The van der Waals surface area contributed by atoms with E-state index in [0.717, 1.165) is 50.7 Å². The number of para-hydroxylation sites is 1. The molecule has 1 aromatic carbocycles. The van der Waals surface area contributed by atoms with Gasteiger partial charge in [-0.25, -0.2) is 4.39 Å². The van der Waals surface area contributed by atoms with E-state index < -0.39 is 0 Å². The number of anilines is 1. The van der Waals surface area contributed by atoms with Gasteiger partial charge in [-0.1, -0.05) is 19.1 Å². The summed E-state index contributed by atoms with van der Waals surface area (Å²) in [5.41, 5.74) is 7.06. The number of rotatable bonds is 5. The Morgan fingerprint density at radius 2 is 1.86 bits per heavy atom. The van der Waals surface area contributed by atoms with Gasteiger partial charge in [-0.3, -0.25) is 4.90 Å². The zero-order chi connectivity index (χ0) is 14.9. The molecule has 0 aromatic heterocycles. The minimum atomic E-state index is -0.117. The normalized spacial score (nSPS) is 23.1. The van der Waals surface area contributed by atoms with Gasteiger partial charge in [-0.05, 0) is 37.3 Å². The van der Waals surface area contributed by atoms with Gasteiger partial charge in [0.05, 0.1) is 5.69 Å². The highest BCUT2D eigenvalue weighted by molar-refractivity contribution is 5.48. The van der Waals surface area contributed by atoms with Gasteiger partial charge in [-0.2, -0.15) is 0 Å². The highest BCUT2D eigenvalue weighted by atomic mass is 19.1. The Morgan fingerprint density at radius 1 is 1.19 bits per heavy atom. The van der Waals surface area contributed by atoms with E-state index in [4.69, 9.17) is 5.73 Å². The first kappa shape index (κ1) is 14.8. The molecule has 2 aliphatic rings. The molecule has 1 aliphatic carbocycles. The Hall–Kier alpha value is -1.13. The van der Waals surface area contributed by atoms with E-state index >= 15 is 0 Å². The molecule has 4 heteroatoms. The van der Waals surface area contributed by atoms with E-state index in [2.05, 4.69) is 16.7 Å². The Balaban J connectivity index is 1.69. The van der Waals surface area contributed by atoms with Crippen LogP contribution in [0.3, 0.4) is 0 Å².